The van der Waals surface area contributed by atoms with Crippen LogP contribution in [0.25, 0.3) is 10.2 Å². The van der Waals surface area contributed by atoms with Gasteiger partial charge >= 0.3 is 0 Å². The number of piperidine rings is 1. The third-order valence-corrected chi connectivity index (χ3v) is 6.92. The number of hydrogen-bond acceptors (Lipinski definition) is 6. The second-order valence-corrected chi connectivity index (χ2v) is 8.43. The van der Waals surface area contributed by atoms with Crippen molar-refractivity contribution in [1.29, 1.82) is 0 Å². The maximum atomic E-state index is 5.30. The standard InChI is InChI=1S/C17H23N3OS2/c1-21-14-2-3-16-15(12-14)18-17(23-16)20-6-4-13(5-7-20)19-8-10-22-11-9-19/h2-3,12-13H,4-11H2,1H3. The highest BCUT2D eigenvalue weighted by Crippen LogP contribution is 2.33. The van der Waals surface area contributed by atoms with E-state index in [2.05, 4.69) is 27.6 Å². The van der Waals surface area contributed by atoms with E-state index in [0.29, 0.717) is 0 Å². The van der Waals surface area contributed by atoms with Crippen molar-refractivity contribution in [2.45, 2.75) is 18.9 Å². The molecule has 0 saturated carbocycles. The fourth-order valence-corrected chi connectivity index (χ4v) is 5.45. The van der Waals surface area contributed by atoms with Crippen molar-refractivity contribution >= 4 is 38.4 Å². The Balaban J connectivity index is 1.43. The van der Waals surface area contributed by atoms with Crippen LogP contribution in [0.2, 0.25) is 0 Å². The molecule has 2 aliphatic heterocycles. The summed E-state index contributed by atoms with van der Waals surface area (Å²) >= 11 is 3.90. The molecule has 2 aromatic rings. The molecule has 4 rings (SSSR count). The van der Waals surface area contributed by atoms with E-state index in [4.69, 9.17) is 9.72 Å². The smallest absolute Gasteiger partial charge is 0.186 e. The monoisotopic (exact) mass is 349 g/mol. The second kappa shape index (κ2) is 6.87. The molecule has 2 fully saturated rings. The number of thioether (sulfide) groups is 1. The molecular weight excluding hydrogens is 326 g/mol. The van der Waals surface area contributed by atoms with Crippen molar-refractivity contribution < 1.29 is 4.74 Å². The van der Waals surface area contributed by atoms with Crippen molar-refractivity contribution in [3.05, 3.63) is 18.2 Å². The summed E-state index contributed by atoms with van der Waals surface area (Å²) in [5, 5.41) is 1.17. The van der Waals surface area contributed by atoms with E-state index in [-0.39, 0.29) is 0 Å². The lowest BCUT2D eigenvalue weighted by atomic mass is 10.0. The molecular formula is C17H23N3OS2. The lowest BCUT2D eigenvalue weighted by Crippen LogP contribution is -2.47. The Morgan fingerprint density at radius 2 is 1.91 bits per heavy atom. The second-order valence-electron chi connectivity index (χ2n) is 6.20. The minimum Gasteiger partial charge on any atom is -0.497 e. The van der Waals surface area contributed by atoms with Gasteiger partial charge in [0.25, 0.3) is 0 Å². The van der Waals surface area contributed by atoms with Crippen LogP contribution < -0.4 is 9.64 Å². The number of rotatable bonds is 3. The fourth-order valence-electron chi connectivity index (χ4n) is 3.52. The quantitative estimate of drug-likeness (QED) is 0.848. The number of aromatic nitrogens is 1. The zero-order valence-corrected chi connectivity index (χ0v) is 15.2. The Kier molecular flexibility index (Phi) is 4.64. The van der Waals surface area contributed by atoms with Gasteiger partial charge in [-0.2, -0.15) is 11.8 Å². The van der Waals surface area contributed by atoms with Crippen molar-refractivity contribution in [1.82, 2.24) is 9.88 Å². The van der Waals surface area contributed by atoms with Gasteiger partial charge in [-0.3, -0.25) is 4.90 Å². The van der Waals surface area contributed by atoms with Crippen LogP contribution in [0.3, 0.4) is 0 Å². The highest BCUT2D eigenvalue weighted by atomic mass is 32.2. The van der Waals surface area contributed by atoms with Crippen molar-refractivity contribution in [2.75, 3.05) is 49.7 Å². The fraction of sp³-hybridized carbons (Fsp3) is 0.588. The molecule has 0 bridgehead atoms. The molecule has 0 radical (unpaired) electrons. The first-order chi connectivity index (χ1) is 11.3. The summed E-state index contributed by atoms with van der Waals surface area (Å²) in [6.45, 7) is 4.81. The first-order valence-electron chi connectivity index (χ1n) is 8.35. The van der Waals surface area contributed by atoms with Gasteiger partial charge in [0.15, 0.2) is 5.13 Å². The van der Waals surface area contributed by atoms with Crippen LogP contribution in [0.4, 0.5) is 5.13 Å². The van der Waals surface area contributed by atoms with E-state index in [1.807, 2.05) is 12.1 Å². The minimum absolute atomic E-state index is 0.779. The summed E-state index contributed by atoms with van der Waals surface area (Å²) in [4.78, 5) is 10.0. The zero-order valence-electron chi connectivity index (χ0n) is 13.5. The number of thiazole rings is 1. The molecule has 3 heterocycles. The number of methoxy groups -OCH3 is 1. The first-order valence-corrected chi connectivity index (χ1v) is 10.3. The third-order valence-electron chi connectivity index (χ3n) is 4.88. The highest BCUT2D eigenvalue weighted by Gasteiger charge is 2.26. The van der Waals surface area contributed by atoms with Crippen molar-refractivity contribution in [2.24, 2.45) is 0 Å². The lowest BCUT2D eigenvalue weighted by Gasteiger charge is -2.40. The molecule has 0 N–H and O–H groups in total. The van der Waals surface area contributed by atoms with Crippen LogP contribution in [-0.2, 0) is 0 Å². The minimum atomic E-state index is 0.779. The Morgan fingerprint density at radius 1 is 1.13 bits per heavy atom. The topological polar surface area (TPSA) is 28.6 Å². The van der Waals surface area contributed by atoms with Gasteiger partial charge in [0.2, 0.25) is 0 Å². The summed E-state index contributed by atoms with van der Waals surface area (Å²) < 4.78 is 6.55. The van der Waals surface area contributed by atoms with Crippen LogP contribution in [-0.4, -0.2) is 60.7 Å². The molecule has 6 heteroatoms. The highest BCUT2D eigenvalue weighted by molar-refractivity contribution is 7.99. The summed E-state index contributed by atoms with van der Waals surface area (Å²) in [5.41, 5.74) is 1.06. The number of anilines is 1. The Morgan fingerprint density at radius 3 is 2.65 bits per heavy atom. The zero-order chi connectivity index (χ0) is 15.6. The van der Waals surface area contributed by atoms with Crippen LogP contribution >= 0.6 is 23.1 Å². The maximum absolute atomic E-state index is 5.30. The van der Waals surface area contributed by atoms with Gasteiger partial charge in [-0.1, -0.05) is 11.3 Å². The van der Waals surface area contributed by atoms with Gasteiger partial charge < -0.3 is 9.64 Å². The molecule has 2 saturated heterocycles. The SMILES string of the molecule is COc1ccc2sc(N3CCC(N4CCSCC4)CC3)nc2c1. The largest absolute Gasteiger partial charge is 0.497 e. The summed E-state index contributed by atoms with van der Waals surface area (Å²) in [7, 11) is 1.71. The van der Waals surface area contributed by atoms with Crippen LogP contribution in [0.5, 0.6) is 5.75 Å². The lowest BCUT2D eigenvalue weighted by molar-refractivity contribution is 0.186. The molecule has 1 aromatic carbocycles. The molecule has 1 aromatic heterocycles. The molecule has 0 spiro atoms. The number of benzene rings is 1. The van der Waals surface area contributed by atoms with E-state index in [0.717, 1.165) is 30.4 Å². The normalized spacial score (nSPS) is 21.0. The summed E-state index contributed by atoms with van der Waals surface area (Å²) in [6, 6.07) is 6.95. The Labute approximate surface area is 145 Å². The molecule has 4 nitrogen and oxygen atoms in total. The van der Waals surface area contributed by atoms with Gasteiger partial charge in [-0.25, -0.2) is 4.98 Å². The number of nitrogens with zero attached hydrogens (tertiary/aromatic N) is 3. The van der Waals surface area contributed by atoms with Crippen LogP contribution in [0.15, 0.2) is 18.2 Å². The van der Waals surface area contributed by atoms with Gasteiger partial charge in [0.1, 0.15) is 5.75 Å². The van der Waals surface area contributed by atoms with Crippen LogP contribution in [0, 0.1) is 0 Å². The van der Waals surface area contributed by atoms with E-state index in [1.54, 1.807) is 18.4 Å². The molecule has 0 aliphatic carbocycles. The molecule has 2 aliphatic rings. The maximum Gasteiger partial charge on any atom is 0.186 e. The predicted octanol–water partition coefficient (Wildman–Crippen LogP) is 3.32. The number of ether oxygens (including phenoxy) is 1. The molecule has 0 atom stereocenters. The first kappa shape index (κ1) is 15.5. The van der Waals surface area contributed by atoms with Crippen LogP contribution in [0.1, 0.15) is 12.8 Å². The summed E-state index contributed by atoms with van der Waals surface area (Å²) in [5.74, 6) is 3.50. The van der Waals surface area contributed by atoms with Gasteiger partial charge in [-0.05, 0) is 25.0 Å². The predicted molar refractivity (Wildman–Crippen MR) is 100 cm³/mol. The number of hydrogen-bond donors (Lipinski definition) is 0. The van der Waals surface area contributed by atoms with Gasteiger partial charge in [-0.15, -0.1) is 0 Å². The van der Waals surface area contributed by atoms with Gasteiger partial charge in [0.05, 0.1) is 17.3 Å². The molecule has 124 valence electrons. The van der Waals surface area contributed by atoms with Crippen molar-refractivity contribution in [3.8, 4) is 5.75 Å². The average Bonchev–Trinajstić information content (AvgIpc) is 3.05. The van der Waals surface area contributed by atoms with Gasteiger partial charge in [0, 0.05) is 49.8 Å². The van der Waals surface area contributed by atoms with E-state index >= 15 is 0 Å². The molecule has 0 unspecified atom stereocenters. The Bertz CT molecular complexity index is 661. The molecule has 0 amide bonds. The van der Waals surface area contributed by atoms with E-state index in [9.17, 15) is 0 Å². The van der Waals surface area contributed by atoms with Crippen molar-refractivity contribution in [3.63, 3.8) is 0 Å². The third kappa shape index (κ3) is 3.30. The van der Waals surface area contributed by atoms with E-state index < -0.39 is 0 Å². The molecule has 23 heavy (non-hydrogen) atoms. The number of fused-ring (bicyclic) bond motifs is 1. The summed E-state index contributed by atoms with van der Waals surface area (Å²) in [6.07, 6.45) is 2.54. The Hall–Kier alpha value is -0.980. The average molecular weight is 350 g/mol. The van der Waals surface area contributed by atoms with E-state index in [1.165, 1.54) is 47.3 Å².